The molecular formula is C32H47N3O4. The van der Waals surface area contributed by atoms with Crippen molar-refractivity contribution in [3.8, 4) is 0 Å². The van der Waals surface area contributed by atoms with Gasteiger partial charge in [0.25, 0.3) is 0 Å². The van der Waals surface area contributed by atoms with Crippen molar-refractivity contribution in [1.29, 1.82) is 0 Å². The molecule has 0 fully saturated rings. The SMILES string of the molecule is CCCCCCCCCCOC(=O)Nc1ccc(Cc2ccc(NC(=O)C(C)(C)C(=O)NCCC)cc2)cc1. The van der Waals surface area contributed by atoms with Gasteiger partial charge in [0.1, 0.15) is 5.41 Å². The molecule has 214 valence electrons. The van der Waals surface area contributed by atoms with Gasteiger partial charge in [0.05, 0.1) is 6.61 Å². The molecule has 3 N–H and O–H groups in total. The number of carbonyl (C=O) groups is 3. The van der Waals surface area contributed by atoms with Crippen LogP contribution in [0.5, 0.6) is 0 Å². The Morgan fingerprint density at radius 1 is 0.667 bits per heavy atom. The summed E-state index contributed by atoms with van der Waals surface area (Å²) in [6.45, 7) is 8.43. The molecule has 0 aliphatic carbocycles. The van der Waals surface area contributed by atoms with Crippen LogP contribution in [0.25, 0.3) is 0 Å². The van der Waals surface area contributed by atoms with Crippen LogP contribution >= 0.6 is 0 Å². The van der Waals surface area contributed by atoms with Gasteiger partial charge in [-0.25, -0.2) is 4.79 Å². The Bertz CT molecular complexity index is 1020. The Morgan fingerprint density at radius 3 is 1.72 bits per heavy atom. The van der Waals surface area contributed by atoms with Gasteiger partial charge in [0.2, 0.25) is 11.8 Å². The first kappa shape index (κ1) is 31.9. The summed E-state index contributed by atoms with van der Waals surface area (Å²) in [5, 5.41) is 8.41. The van der Waals surface area contributed by atoms with Crippen LogP contribution in [-0.2, 0) is 20.7 Å². The number of benzene rings is 2. The van der Waals surface area contributed by atoms with Gasteiger partial charge in [-0.1, -0.05) is 83.1 Å². The molecule has 0 spiro atoms. The van der Waals surface area contributed by atoms with Gasteiger partial charge in [-0.2, -0.15) is 0 Å². The van der Waals surface area contributed by atoms with E-state index in [1.165, 1.54) is 38.5 Å². The highest BCUT2D eigenvalue weighted by atomic mass is 16.5. The maximum absolute atomic E-state index is 12.7. The lowest BCUT2D eigenvalue weighted by molar-refractivity contribution is -0.138. The molecule has 0 heterocycles. The molecule has 39 heavy (non-hydrogen) atoms. The minimum absolute atomic E-state index is 0.284. The average molecular weight is 538 g/mol. The summed E-state index contributed by atoms with van der Waals surface area (Å²) >= 11 is 0. The maximum Gasteiger partial charge on any atom is 0.411 e. The summed E-state index contributed by atoms with van der Waals surface area (Å²) in [6, 6.07) is 15.3. The van der Waals surface area contributed by atoms with Crippen molar-refractivity contribution < 1.29 is 19.1 Å². The molecule has 7 heteroatoms. The Kier molecular flexibility index (Phi) is 14.1. The van der Waals surface area contributed by atoms with Crippen LogP contribution in [0.4, 0.5) is 16.2 Å². The van der Waals surface area contributed by atoms with E-state index in [1.54, 1.807) is 13.8 Å². The second kappa shape index (κ2) is 17.3. The molecule has 0 aliphatic rings. The minimum Gasteiger partial charge on any atom is -0.449 e. The third-order valence-electron chi connectivity index (χ3n) is 6.72. The molecule has 0 saturated heterocycles. The molecule has 2 rings (SSSR count). The van der Waals surface area contributed by atoms with Gasteiger partial charge in [-0.05, 0) is 68.5 Å². The first-order valence-corrected chi connectivity index (χ1v) is 14.5. The van der Waals surface area contributed by atoms with Crippen LogP contribution in [0.3, 0.4) is 0 Å². The largest absolute Gasteiger partial charge is 0.449 e. The highest BCUT2D eigenvalue weighted by Crippen LogP contribution is 2.21. The second-order valence-corrected chi connectivity index (χ2v) is 10.6. The molecule has 0 aliphatic heterocycles. The van der Waals surface area contributed by atoms with Crippen molar-refractivity contribution in [2.45, 2.75) is 91.9 Å². The van der Waals surface area contributed by atoms with E-state index in [1.807, 2.05) is 55.5 Å². The van der Waals surface area contributed by atoms with Gasteiger partial charge in [0.15, 0.2) is 0 Å². The Labute approximate surface area is 234 Å². The molecule has 0 unspecified atom stereocenters. The summed E-state index contributed by atoms with van der Waals surface area (Å²) in [4.78, 5) is 37.0. The third-order valence-corrected chi connectivity index (χ3v) is 6.72. The normalized spacial score (nSPS) is 11.1. The van der Waals surface area contributed by atoms with Crippen LogP contribution < -0.4 is 16.0 Å². The number of hydrogen-bond acceptors (Lipinski definition) is 4. The van der Waals surface area contributed by atoms with Crippen LogP contribution in [0.2, 0.25) is 0 Å². The smallest absolute Gasteiger partial charge is 0.411 e. The van der Waals surface area contributed by atoms with E-state index >= 15 is 0 Å². The van der Waals surface area contributed by atoms with Crippen molar-refractivity contribution >= 4 is 29.3 Å². The van der Waals surface area contributed by atoms with Crippen LogP contribution in [0.15, 0.2) is 48.5 Å². The fourth-order valence-corrected chi connectivity index (χ4v) is 4.05. The van der Waals surface area contributed by atoms with Crippen molar-refractivity contribution in [3.63, 3.8) is 0 Å². The minimum atomic E-state index is -1.16. The first-order chi connectivity index (χ1) is 18.8. The Hall–Kier alpha value is -3.35. The zero-order valence-corrected chi connectivity index (χ0v) is 24.2. The molecule has 3 amide bonds. The summed E-state index contributed by atoms with van der Waals surface area (Å²) in [7, 11) is 0. The molecule has 2 aromatic rings. The number of carbonyl (C=O) groups excluding carboxylic acids is 3. The average Bonchev–Trinajstić information content (AvgIpc) is 2.92. The molecule has 0 saturated carbocycles. The summed E-state index contributed by atoms with van der Waals surface area (Å²) < 4.78 is 5.30. The summed E-state index contributed by atoms with van der Waals surface area (Å²) in [6.07, 6.45) is 10.8. The Morgan fingerprint density at radius 2 is 1.18 bits per heavy atom. The number of amides is 3. The van der Waals surface area contributed by atoms with Gasteiger partial charge in [0, 0.05) is 17.9 Å². The van der Waals surface area contributed by atoms with Crippen molar-refractivity contribution in [1.82, 2.24) is 5.32 Å². The van der Waals surface area contributed by atoms with Crippen LogP contribution in [0.1, 0.15) is 96.6 Å². The molecule has 0 atom stereocenters. The van der Waals surface area contributed by atoms with Gasteiger partial charge in [-0.15, -0.1) is 0 Å². The zero-order chi connectivity index (χ0) is 28.5. The fraction of sp³-hybridized carbons (Fsp3) is 0.531. The van der Waals surface area contributed by atoms with Crippen LogP contribution in [-0.4, -0.2) is 31.1 Å². The summed E-state index contributed by atoms with van der Waals surface area (Å²) in [5.74, 6) is -0.628. The monoisotopic (exact) mass is 537 g/mol. The number of rotatable bonds is 17. The van der Waals surface area contributed by atoms with Crippen LogP contribution in [0, 0.1) is 5.41 Å². The van der Waals surface area contributed by atoms with E-state index in [0.29, 0.717) is 30.9 Å². The second-order valence-electron chi connectivity index (χ2n) is 10.6. The zero-order valence-electron chi connectivity index (χ0n) is 24.2. The molecule has 2 aromatic carbocycles. The van der Waals surface area contributed by atoms with Crippen molar-refractivity contribution in [3.05, 3.63) is 59.7 Å². The molecule has 7 nitrogen and oxygen atoms in total. The number of nitrogens with one attached hydrogen (secondary N) is 3. The van der Waals surface area contributed by atoms with E-state index < -0.39 is 11.5 Å². The molecule has 0 bridgehead atoms. The van der Waals surface area contributed by atoms with E-state index in [2.05, 4.69) is 22.9 Å². The lowest BCUT2D eigenvalue weighted by Gasteiger charge is -2.22. The standard InChI is InChI=1S/C32H47N3O4/c1-5-7-8-9-10-11-12-13-23-39-31(38)35-28-20-16-26(17-21-28)24-25-14-18-27(19-15-25)34-30(37)32(3,4)29(36)33-22-6-2/h14-21H,5-13,22-24H2,1-4H3,(H,33,36)(H,34,37)(H,35,38). The van der Waals surface area contributed by atoms with Gasteiger partial charge >= 0.3 is 6.09 Å². The molecule has 0 aromatic heterocycles. The lowest BCUT2D eigenvalue weighted by Crippen LogP contribution is -2.45. The van der Waals surface area contributed by atoms with E-state index in [0.717, 1.165) is 30.4 Å². The summed E-state index contributed by atoms with van der Waals surface area (Å²) in [5.41, 5.74) is 2.36. The highest BCUT2D eigenvalue weighted by molar-refractivity contribution is 6.09. The van der Waals surface area contributed by atoms with Crippen molar-refractivity contribution in [2.75, 3.05) is 23.8 Å². The predicted octanol–water partition coefficient (Wildman–Crippen LogP) is 7.46. The maximum atomic E-state index is 12.7. The van der Waals surface area contributed by atoms with E-state index in [-0.39, 0.29) is 11.8 Å². The Balaban J connectivity index is 1.73. The number of anilines is 2. The van der Waals surface area contributed by atoms with E-state index in [9.17, 15) is 14.4 Å². The van der Waals surface area contributed by atoms with Gasteiger partial charge in [-0.3, -0.25) is 14.9 Å². The highest BCUT2D eigenvalue weighted by Gasteiger charge is 2.35. The lowest BCUT2D eigenvalue weighted by atomic mass is 9.91. The first-order valence-electron chi connectivity index (χ1n) is 14.5. The number of hydrogen-bond donors (Lipinski definition) is 3. The van der Waals surface area contributed by atoms with Crippen molar-refractivity contribution in [2.24, 2.45) is 5.41 Å². The molecular weight excluding hydrogens is 490 g/mol. The quantitative estimate of drug-likeness (QED) is 0.144. The number of ether oxygens (including phenoxy) is 1. The number of unbranched alkanes of at least 4 members (excludes halogenated alkanes) is 7. The topological polar surface area (TPSA) is 96.5 Å². The van der Waals surface area contributed by atoms with E-state index in [4.69, 9.17) is 4.74 Å². The fourth-order valence-electron chi connectivity index (χ4n) is 4.05. The molecule has 0 radical (unpaired) electrons. The predicted molar refractivity (Wildman–Crippen MR) is 159 cm³/mol. The van der Waals surface area contributed by atoms with Gasteiger partial charge < -0.3 is 15.4 Å². The third kappa shape index (κ3) is 11.9.